The smallest absolute Gasteiger partial charge is 0.188 e. The van der Waals surface area contributed by atoms with E-state index >= 15 is 0 Å². The standard InChI is InChI=1S/C21H27O3P/c1-6-21(4,25-19-10-8-7-9-17(19)13-22)18-12-15(2)11-16(3)20(18)24-14-23-5/h7-13,25H,6,14H2,1-5H3. The van der Waals surface area contributed by atoms with E-state index < -0.39 is 0 Å². The molecule has 0 amide bonds. The maximum atomic E-state index is 11.4. The van der Waals surface area contributed by atoms with Crippen LogP contribution in [0, 0.1) is 13.8 Å². The summed E-state index contributed by atoms with van der Waals surface area (Å²) in [6.07, 6.45) is 1.90. The second-order valence-electron chi connectivity index (χ2n) is 6.53. The average Bonchev–Trinajstić information content (AvgIpc) is 2.60. The van der Waals surface area contributed by atoms with Gasteiger partial charge in [0.1, 0.15) is 5.75 Å². The van der Waals surface area contributed by atoms with Gasteiger partial charge < -0.3 is 9.47 Å². The first-order chi connectivity index (χ1) is 11.9. The third kappa shape index (κ3) is 4.48. The predicted molar refractivity (Wildman–Crippen MR) is 106 cm³/mol. The van der Waals surface area contributed by atoms with Crippen molar-refractivity contribution in [1.29, 1.82) is 0 Å². The Morgan fingerprint density at radius 3 is 2.56 bits per heavy atom. The van der Waals surface area contributed by atoms with Crippen molar-refractivity contribution in [2.75, 3.05) is 13.9 Å². The van der Waals surface area contributed by atoms with Crippen LogP contribution in [-0.4, -0.2) is 20.2 Å². The Bertz CT molecular complexity index is 742. The minimum Gasteiger partial charge on any atom is -0.467 e. The first-order valence-electron chi connectivity index (χ1n) is 8.51. The Balaban J connectivity index is 2.52. The van der Waals surface area contributed by atoms with Gasteiger partial charge in [-0.2, -0.15) is 0 Å². The van der Waals surface area contributed by atoms with Gasteiger partial charge in [0, 0.05) is 23.4 Å². The van der Waals surface area contributed by atoms with E-state index in [0.29, 0.717) is 8.58 Å². The fourth-order valence-electron chi connectivity index (χ4n) is 3.03. The molecule has 2 aromatic rings. The first kappa shape index (κ1) is 19.6. The molecule has 0 aliphatic carbocycles. The number of aldehydes is 1. The second kappa shape index (κ2) is 8.60. The zero-order valence-corrected chi connectivity index (χ0v) is 16.7. The van der Waals surface area contributed by atoms with Gasteiger partial charge in [-0.3, -0.25) is 4.79 Å². The van der Waals surface area contributed by atoms with Crippen LogP contribution in [0.3, 0.4) is 0 Å². The zero-order chi connectivity index (χ0) is 18.4. The second-order valence-corrected chi connectivity index (χ2v) is 8.42. The fourth-order valence-corrected chi connectivity index (χ4v) is 4.59. The van der Waals surface area contributed by atoms with Crippen LogP contribution in [-0.2, 0) is 9.89 Å². The molecule has 0 saturated carbocycles. The molecular formula is C21H27O3P. The van der Waals surface area contributed by atoms with Crippen molar-refractivity contribution in [1.82, 2.24) is 0 Å². The van der Waals surface area contributed by atoms with E-state index in [2.05, 4.69) is 45.9 Å². The normalized spacial score (nSPS) is 13.8. The van der Waals surface area contributed by atoms with Crippen molar-refractivity contribution in [3.63, 3.8) is 0 Å². The Hall–Kier alpha value is -1.70. The number of benzene rings is 2. The summed E-state index contributed by atoms with van der Waals surface area (Å²) in [7, 11) is 2.10. The molecule has 134 valence electrons. The average molecular weight is 358 g/mol. The molecule has 0 aromatic heterocycles. The number of ether oxygens (including phenoxy) is 2. The van der Waals surface area contributed by atoms with Crippen molar-refractivity contribution in [3.05, 3.63) is 58.7 Å². The van der Waals surface area contributed by atoms with Crippen LogP contribution in [0.2, 0.25) is 0 Å². The minimum atomic E-state index is -0.112. The van der Waals surface area contributed by atoms with Gasteiger partial charge in [-0.15, -0.1) is 0 Å². The van der Waals surface area contributed by atoms with Gasteiger partial charge in [-0.05, 0) is 31.1 Å². The van der Waals surface area contributed by atoms with E-state index in [1.807, 2.05) is 18.2 Å². The molecule has 0 heterocycles. The quantitative estimate of drug-likeness (QED) is 0.389. The van der Waals surface area contributed by atoms with Crippen LogP contribution in [0.15, 0.2) is 36.4 Å². The van der Waals surface area contributed by atoms with E-state index in [-0.39, 0.29) is 11.9 Å². The number of aryl methyl sites for hydroxylation is 2. The van der Waals surface area contributed by atoms with E-state index in [1.165, 1.54) is 11.1 Å². The highest BCUT2D eigenvalue weighted by atomic mass is 31.1. The summed E-state index contributed by atoms with van der Waals surface area (Å²) in [4.78, 5) is 11.4. The van der Waals surface area contributed by atoms with Crippen molar-refractivity contribution in [2.45, 2.75) is 39.3 Å². The lowest BCUT2D eigenvalue weighted by Crippen LogP contribution is -2.22. The maximum Gasteiger partial charge on any atom is 0.188 e. The predicted octanol–water partition coefficient (Wildman–Crippen LogP) is 4.73. The molecule has 0 fully saturated rings. The largest absolute Gasteiger partial charge is 0.467 e. The highest BCUT2D eigenvalue weighted by molar-refractivity contribution is 7.48. The summed E-state index contributed by atoms with van der Waals surface area (Å²) in [5.74, 6) is 0.896. The van der Waals surface area contributed by atoms with Crippen LogP contribution in [0.25, 0.3) is 0 Å². The molecule has 25 heavy (non-hydrogen) atoms. The topological polar surface area (TPSA) is 35.5 Å². The molecule has 4 heteroatoms. The monoisotopic (exact) mass is 358 g/mol. The van der Waals surface area contributed by atoms with Gasteiger partial charge >= 0.3 is 0 Å². The number of carbonyl (C=O) groups excluding carboxylic acids is 1. The number of methoxy groups -OCH3 is 1. The molecule has 2 rings (SSSR count). The molecule has 2 unspecified atom stereocenters. The van der Waals surface area contributed by atoms with Crippen molar-refractivity contribution < 1.29 is 14.3 Å². The van der Waals surface area contributed by atoms with Crippen LogP contribution in [0.5, 0.6) is 5.75 Å². The van der Waals surface area contributed by atoms with Crippen LogP contribution >= 0.6 is 8.58 Å². The van der Waals surface area contributed by atoms with Crippen molar-refractivity contribution >= 4 is 20.2 Å². The fraction of sp³-hybridized carbons (Fsp3) is 0.381. The molecular weight excluding hydrogens is 331 g/mol. The lowest BCUT2D eigenvalue weighted by atomic mass is 9.92. The van der Waals surface area contributed by atoms with E-state index in [9.17, 15) is 4.79 Å². The Morgan fingerprint density at radius 1 is 1.20 bits per heavy atom. The summed E-state index contributed by atoms with van der Waals surface area (Å²) < 4.78 is 11.0. The molecule has 0 bridgehead atoms. The van der Waals surface area contributed by atoms with Gasteiger partial charge in [-0.25, -0.2) is 0 Å². The first-order valence-corrected chi connectivity index (χ1v) is 9.51. The Labute approximate surface area is 152 Å². The van der Waals surface area contributed by atoms with Crippen molar-refractivity contribution in [2.24, 2.45) is 0 Å². The van der Waals surface area contributed by atoms with E-state index in [1.54, 1.807) is 7.11 Å². The molecule has 0 spiro atoms. The molecule has 2 aromatic carbocycles. The van der Waals surface area contributed by atoms with Gasteiger partial charge in [0.25, 0.3) is 0 Å². The number of carbonyl (C=O) groups is 1. The van der Waals surface area contributed by atoms with Gasteiger partial charge in [0.2, 0.25) is 0 Å². The van der Waals surface area contributed by atoms with Crippen LogP contribution < -0.4 is 10.0 Å². The van der Waals surface area contributed by atoms with Gasteiger partial charge in [0.05, 0.1) is 0 Å². The number of hydrogen-bond acceptors (Lipinski definition) is 3. The highest BCUT2D eigenvalue weighted by Gasteiger charge is 2.30. The van der Waals surface area contributed by atoms with E-state index in [0.717, 1.165) is 34.9 Å². The molecule has 0 aliphatic rings. The van der Waals surface area contributed by atoms with Gasteiger partial charge in [-0.1, -0.05) is 64.4 Å². The zero-order valence-electron chi connectivity index (χ0n) is 15.7. The van der Waals surface area contributed by atoms with E-state index in [4.69, 9.17) is 9.47 Å². The minimum absolute atomic E-state index is 0.112. The summed E-state index contributed by atoms with van der Waals surface area (Å²) in [5, 5.41) is 0.984. The summed E-state index contributed by atoms with van der Waals surface area (Å²) in [5.41, 5.74) is 4.28. The third-order valence-corrected chi connectivity index (χ3v) is 6.44. The lowest BCUT2D eigenvalue weighted by molar-refractivity contribution is 0.0495. The molecule has 0 saturated heterocycles. The number of rotatable bonds is 8. The molecule has 2 atom stereocenters. The van der Waals surface area contributed by atoms with Crippen LogP contribution in [0.1, 0.15) is 47.3 Å². The number of hydrogen-bond donors (Lipinski definition) is 0. The molecule has 0 N–H and O–H groups in total. The Morgan fingerprint density at radius 2 is 1.92 bits per heavy atom. The highest BCUT2D eigenvalue weighted by Crippen LogP contribution is 2.48. The summed E-state index contributed by atoms with van der Waals surface area (Å²) in [6, 6.07) is 12.2. The molecule has 0 radical (unpaired) electrons. The lowest BCUT2D eigenvalue weighted by Gasteiger charge is -2.32. The molecule has 0 aliphatic heterocycles. The summed E-state index contributed by atoms with van der Waals surface area (Å²) in [6.45, 7) is 8.84. The third-order valence-electron chi connectivity index (χ3n) is 4.54. The van der Waals surface area contributed by atoms with Gasteiger partial charge in [0.15, 0.2) is 13.1 Å². The molecule has 3 nitrogen and oxygen atoms in total. The van der Waals surface area contributed by atoms with Crippen molar-refractivity contribution in [3.8, 4) is 5.75 Å². The van der Waals surface area contributed by atoms with Crippen LogP contribution in [0.4, 0.5) is 0 Å². The SMILES string of the molecule is CCC(C)(Pc1ccccc1C=O)c1cc(C)cc(C)c1OCOC. The summed E-state index contributed by atoms with van der Waals surface area (Å²) >= 11 is 0. The Kier molecular flexibility index (Phi) is 6.75. The maximum absolute atomic E-state index is 11.4.